The van der Waals surface area contributed by atoms with Crippen molar-refractivity contribution in [2.45, 2.75) is 31.7 Å². The van der Waals surface area contributed by atoms with Gasteiger partial charge in [-0.05, 0) is 19.8 Å². The fourth-order valence-corrected chi connectivity index (χ4v) is 3.32. The molecule has 0 aliphatic carbocycles. The molecule has 0 bridgehead atoms. The van der Waals surface area contributed by atoms with Crippen molar-refractivity contribution in [3.05, 3.63) is 34.8 Å². The van der Waals surface area contributed by atoms with E-state index < -0.39 is 0 Å². The summed E-state index contributed by atoms with van der Waals surface area (Å²) in [5.41, 5.74) is 1.17. The summed E-state index contributed by atoms with van der Waals surface area (Å²) in [6.45, 7) is 3.52. The zero-order valence-electron chi connectivity index (χ0n) is 12.0. The van der Waals surface area contributed by atoms with E-state index in [0.29, 0.717) is 5.92 Å². The molecule has 1 saturated heterocycles. The Morgan fingerprint density at radius 1 is 1.52 bits per heavy atom. The fourth-order valence-electron chi connectivity index (χ4n) is 2.67. The Hall–Kier alpha value is -1.89. The average Bonchev–Trinajstić information content (AvgIpc) is 3.20. The quantitative estimate of drug-likeness (QED) is 0.915. The third-order valence-electron chi connectivity index (χ3n) is 3.90. The summed E-state index contributed by atoms with van der Waals surface area (Å²) in [6, 6.07) is -0.0383. The maximum Gasteiger partial charge on any atom is 0.317 e. The standard InChI is InChI=1S/C14H19N5OS/c1-10(13-16-4-7-21-13)18-14(20)19-5-2-11(3-6-19)12-8-15-9-17-12/h4,7-11H,2-3,5-6H2,1H3,(H,15,17)(H,18,20). The first-order valence-electron chi connectivity index (χ1n) is 7.17. The van der Waals surface area contributed by atoms with Crippen LogP contribution in [-0.4, -0.2) is 39.0 Å². The second-order valence-electron chi connectivity index (χ2n) is 5.31. The number of carbonyl (C=O) groups excluding carboxylic acids is 1. The maximum atomic E-state index is 12.3. The minimum absolute atomic E-state index is 0.000704. The summed E-state index contributed by atoms with van der Waals surface area (Å²) in [7, 11) is 0. The number of hydrogen-bond donors (Lipinski definition) is 2. The second kappa shape index (κ2) is 6.26. The second-order valence-corrected chi connectivity index (χ2v) is 6.24. The summed E-state index contributed by atoms with van der Waals surface area (Å²) in [6.07, 6.45) is 7.30. The molecule has 0 saturated carbocycles. The first-order valence-corrected chi connectivity index (χ1v) is 8.05. The number of nitrogens with one attached hydrogen (secondary N) is 2. The Balaban J connectivity index is 1.51. The zero-order chi connectivity index (χ0) is 14.7. The predicted molar refractivity (Wildman–Crippen MR) is 81.2 cm³/mol. The Morgan fingerprint density at radius 2 is 2.33 bits per heavy atom. The molecule has 3 heterocycles. The Labute approximate surface area is 127 Å². The van der Waals surface area contributed by atoms with Crippen molar-refractivity contribution in [3.63, 3.8) is 0 Å². The number of H-pyrrole nitrogens is 1. The van der Waals surface area contributed by atoms with Gasteiger partial charge in [0.25, 0.3) is 0 Å². The number of amides is 2. The van der Waals surface area contributed by atoms with Crippen molar-refractivity contribution >= 4 is 17.4 Å². The number of carbonyl (C=O) groups is 1. The van der Waals surface area contributed by atoms with Crippen LogP contribution in [0.1, 0.15) is 42.4 Å². The van der Waals surface area contributed by atoms with Gasteiger partial charge in [0.2, 0.25) is 0 Å². The lowest BCUT2D eigenvalue weighted by Crippen LogP contribution is -2.44. The topological polar surface area (TPSA) is 73.9 Å². The lowest BCUT2D eigenvalue weighted by atomic mass is 9.94. The Bertz CT molecular complexity index is 560. The van der Waals surface area contributed by atoms with E-state index in [-0.39, 0.29) is 12.1 Å². The van der Waals surface area contributed by atoms with Gasteiger partial charge >= 0.3 is 6.03 Å². The molecule has 2 N–H and O–H groups in total. The van der Waals surface area contributed by atoms with Crippen LogP contribution in [0.25, 0.3) is 0 Å². The number of thiazole rings is 1. The van der Waals surface area contributed by atoms with E-state index in [1.807, 2.05) is 23.4 Å². The molecule has 1 aliphatic heterocycles. The van der Waals surface area contributed by atoms with Gasteiger partial charge in [-0.1, -0.05) is 0 Å². The molecular weight excluding hydrogens is 286 g/mol. The van der Waals surface area contributed by atoms with Crippen molar-refractivity contribution in [1.29, 1.82) is 0 Å². The predicted octanol–water partition coefficient (Wildman–Crippen LogP) is 2.52. The van der Waals surface area contributed by atoms with E-state index in [0.717, 1.165) is 30.9 Å². The number of aromatic nitrogens is 3. The summed E-state index contributed by atoms with van der Waals surface area (Å²) in [4.78, 5) is 25.6. The number of likely N-dealkylation sites (tertiary alicyclic amines) is 1. The highest BCUT2D eigenvalue weighted by Gasteiger charge is 2.25. The molecule has 21 heavy (non-hydrogen) atoms. The SMILES string of the molecule is CC(NC(=O)N1CCC(c2cnc[nH]2)CC1)c1nccs1. The van der Waals surface area contributed by atoms with Gasteiger partial charge in [-0.2, -0.15) is 0 Å². The van der Waals surface area contributed by atoms with E-state index >= 15 is 0 Å². The van der Waals surface area contributed by atoms with Gasteiger partial charge in [0, 0.05) is 42.5 Å². The largest absolute Gasteiger partial charge is 0.348 e. The van der Waals surface area contributed by atoms with Crippen LogP contribution >= 0.6 is 11.3 Å². The van der Waals surface area contributed by atoms with Crippen molar-refractivity contribution in [3.8, 4) is 0 Å². The molecule has 2 aromatic heterocycles. The van der Waals surface area contributed by atoms with Crippen LogP contribution < -0.4 is 5.32 Å². The van der Waals surface area contributed by atoms with Gasteiger partial charge in [-0.3, -0.25) is 0 Å². The molecule has 3 rings (SSSR count). The molecule has 1 atom stereocenters. The highest BCUT2D eigenvalue weighted by atomic mass is 32.1. The van der Waals surface area contributed by atoms with Crippen molar-refractivity contribution in [2.24, 2.45) is 0 Å². The van der Waals surface area contributed by atoms with Crippen LogP contribution in [-0.2, 0) is 0 Å². The van der Waals surface area contributed by atoms with Crippen LogP contribution in [0, 0.1) is 0 Å². The van der Waals surface area contributed by atoms with Crippen molar-refractivity contribution in [1.82, 2.24) is 25.2 Å². The Morgan fingerprint density at radius 3 is 2.95 bits per heavy atom. The molecule has 0 radical (unpaired) electrons. The van der Waals surface area contributed by atoms with Crippen molar-refractivity contribution < 1.29 is 4.79 Å². The Kier molecular flexibility index (Phi) is 4.19. The van der Waals surface area contributed by atoms with Crippen LogP contribution in [0.5, 0.6) is 0 Å². The number of urea groups is 1. The smallest absolute Gasteiger partial charge is 0.317 e. The van der Waals surface area contributed by atoms with E-state index in [1.165, 1.54) is 5.69 Å². The molecule has 2 aromatic rings. The summed E-state index contributed by atoms with van der Waals surface area (Å²) < 4.78 is 0. The maximum absolute atomic E-state index is 12.3. The highest BCUT2D eigenvalue weighted by molar-refractivity contribution is 7.09. The molecule has 2 amide bonds. The molecule has 1 unspecified atom stereocenters. The van der Waals surface area contributed by atoms with Crippen LogP contribution in [0.4, 0.5) is 4.79 Å². The summed E-state index contributed by atoms with van der Waals surface area (Å²) in [5.74, 6) is 0.480. The van der Waals surface area contributed by atoms with Crippen molar-refractivity contribution in [2.75, 3.05) is 13.1 Å². The number of aromatic amines is 1. The molecule has 112 valence electrons. The summed E-state index contributed by atoms with van der Waals surface area (Å²) >= 11 is 1.56. The number of nitrogens with zero attached hydrogens (tertiary/aromatic N) is 3. The van der Waals surface area contributed by atoms with Gasteiger partial charge in [0.05, 0.1) is 12.4 Å². The normalized spacial score (nSPS) is 17.7. The zero-order valence-corrected chi connectivity index (χ0v) is 12.8. The fraction of sp³-hybridized carbons (Fsp3) is 0.500. The van der Waals surface area contributed by atoms with E-state index in [9.17, 15) is 4.79 Å². The lowest BCUT2D eigenvalue weighted by molar-refractivity contribution is 0.178. The number of rotatable bonds is 3. The summed E-state index contributed by atoms with van der Waals surface area (Å²) in [5, 5.41) is 5.88. The molecule has 0 aromatic carbocycles. The molecular formula is C14H19N5OS. The monoisotopic (exact) mass is 305 g/mol. The minimum atomic E-state index is -0.0390. The first-order chi connectivity index (χ1) is 10.2. The third-order valence-corrected chi connectivity index (χ3v) is 4.86. The third kappa shape index (κ3) is 3.24. The average molecular weight is 305 g/mol. The van der Waals surface area contributed by atoms with Gasteiger partial charge in [0.1, 0.15) is 5.01 Å². The van der Waals surface area contributed by atoms with Crippen LogP contribution in [0.2, 0.25) is 0 Å². The van der Waals surface area contributed by atoms with Gasteiger partial charge in [0.15, 0.2) is 0 Å². The molecule has 1 aliphatic rings. The van der Waals surface area contributed by atoms with E-state index in [1.54, 1.807) is 23.9 Å². The molecule has 0 spiro atoms. The van der Waals surface area contributed by atoms with Gasteiger partial charge < -0.3 is 15.2 Å². The van der Waals surface area contributed by atoms with Gasteiger partial charge in [-0.15, -0.1) is 11.3 Å². The number of imidazole rings is 1. The van der Waals surface area contributed by atoms with Crippen LogP contribution in [0.15, 0.2) is 24.1 Å². The molecule has 6 nitrogen and oxygen atoms in total. The first kappa shape index (κ1) is 14.1. The van der Waals surface area contributed by atoms with E-state index in [2.05, 4.69) is 20.3 Å². The van der Waals surface area contributed by atoms with E-state index in [4.69, 9.17) is 0 Å². The minimum Gasteiger partial charge on any atom is -0.348 e. The number of hydrogen-bond acceptors (Lipinski definition) is 4. The highest BCUT2D eigenvalue weighted by Crippen LogP contribution is 2.26. The lowest BCUT2D eigenvalue weighted by Gasteiger charge is -2.32. The van der Waals surface area contributed by atoms with Crippen LogP contribution in [0.3, 0.4) is 0 Å². The molecule has 7 heteroatoms. The molecule has 1 fully saturated rings. The van der Waals surface area contributed by atoms with Gasteiger partial charge in [-0.25, -0.2) is 14.8 Å². The number of piperidine rings is 1.